The van der Waals surface area contributed by atoms with Crippen molar-refractivity contribution in [3.63, 3.8) is 0 Å². The second-order valence-corrected chi connectivity index (χ2v) is 6.41. The maximum Gasteiger partial charge on any atom is -0.00882 e. The average molecular weight is 324 g/mol. The molecule has 0 atom stereocenters. The van der Waals surface area contributed by atoms with Crippen molar-refractivity contribution in [2.24, 2.45) is 0 Å². The SMILES string of the molecule is C/C(=C\C(=C/Cc1ccccc1)c1ccccc1)c1ccc(C)cc1. The maximum atomic E-state index is 2.32. The van der Waals surface area contributed by atoms with Crippen LogP contribution in [0.5, 0.6) is 0 Å². The summed E-state index contributed by atoms with van der Waals surface area (Å²) in [6.07, 6.45) is 5.55. The number of hydrogen-bond donors (Lipinski definition) is 0. The van der Waals surface area contributed by atoms with Crippen molar-refractivity contribution in [1.82, 2.24) is 0 Å². The second-order valence-electron chi connectivity index (χ2n) is 6.41. The summed E-state index contributed by atoms with van der Waals surface area (Å²) in [6, 6.07) is 29.9. The third-order valence-electron chi connectivity index (χ3n) is 4.39. The number of aryl methyl sites for hydroxylation is 1. The highest BCUT2D eigenvalue weighted by Gasteiger charge is 2.02. The Bertz CT molecular complexity index is 851. The van der Waals surface area contributed by atoms with Gasteiger partial charge in [-0.05, 0) is 48.1 Å². The van der Waals surface area contributed by atoms with Crippen LogP contribution in [0.2, 0.25) is 0 Å². The Morgan fingerprint density at radius 1 is 0.720 bits per heavy atom. The zero-order valence-electron chi connectivity index (χ0n) is 14.9. The Hall–Kier alpha value is -2.86. The van der Waals surface area contributed by atoms with Gasteiger partial charge in [-0.1, -0.05) is 103 Å². The Morgan fingerprint density at radius 3 is 1.96 bits per heavy atom. The van der Waals surface area contributed by atoms with Crippen molar-refractivity contribution in [2.75, 3.05) is 0 Å². The van der Waals surface area contributed by atoms with E-state index in [0.717, 1.165) is 6.42 Å². The monoisotopic (exact) mass is 324 g/mol. The fourth-order valence-electron chi connectivity index (χ4n) is 2.87. The van der Waals surface area contributed by atoms with Gasteiger partial charge in [0.1, 0.15) is 0 Å². The van der Waals surface area contributed by atoms with Crippen molar-refractivity contribution < 1.29 is 0 Å². The number of allylic oxidation sites excluding steroid dienone is 4. The molecule has 0 aliphatic carbocycles. The average Bonchev–Trinajstić information content (AvgIpc) is 2.67. The number of rotatable bonds is 5. The van der Waals surface area contributed by atoms with E-state index in [1.165, 1.54) is 33.4 Å². The Morgan fingerprint density at radius 2 is 1.32 bits per heavy atom. The molecule has 0 saturated carbocycles. The van der Waals surface area contributed by atoms with Gasteiger partial charge in [-0.3, -0.25) is 0 Å². The van der Waals surface area contributed by atoms with Crippen LogP contribution in [0.25, 0.3) is 11.1 Å². The maximum absolute atomic E-state index is 2.32. The molecule has 0 aliphatic heterocycles. The summed E-state index contributed by atoms with van der Waals surface area (Å²) in [7, 11) is 0. The summed E-state index contributed by atoms with van der Waals surface area (Å²) in [6.45, 7) is 4.31. The summed E-state index contributed by atoms with van der Waals surface area (Å²) in [5, 5.41) is 0. The molecule has 0 N–H and O–H groups in total. The molecule has 0 bridgehead atoms. The molecule has 0 aliphatic rings. The lowest BCUT2D eigenvalue weighted by Crippen LogP contribution is -1.87. The van der Waals surface area contributed by atoms with Crippen LogP contribution in [-0.4, -0.2) is 0 Å². The molecule has 0 unspecified atom stereocenters. The summed E-state index contributed by atoms with van der Waals surface area (Å²) in [5.41, 5.74) is 7.69. The molecular weight excluding hydrogens is 300 g/mol. The van der Waals surface area contributed by atoms with Gasteiger partial charge in [0, 0.05) is 0 Å². The molecule has 0 fully saturated rings. The minimum absolute atomic E-state index is 0.933. The first-order valence-corrected chi connectivity index (χ1v) is 8.77. The van der Waals surface area contributed by atoms with Gasteiger partial charge in [-0.15, -0.1) is 0 Å². The lowest BCUT2D eigenvalue weighted by molar-refractivity contribution is 1.27. The van der Waals surface area contributed by atoms with Gasteiger partial charge < -0.3 is 0 Å². The van der Waals surface area contributed by atoms with E-state index in [2.05, 4.69) is 111 Å². The standard InChI is InChI=1S/C25H24/c1-20-13-16-23(17-14-20)21(2)19-25(24-11-7-4-8-12-24)18-15-22-9-5-3-6-10-22/h3-14,16-19H,15H2,1-2H3/b21-19+,25-18+. The highest BCUT2D eigenvalue weighted by molar-refractivity contribution is 5.83. The van der Waals surface area contributed by atoms with Gasteiger partial charge in [-0.25, -0.2) is 0 Å². The van der Waals surface area contributed by atoms with Crippen LogP contribution in [0.1, 0.15) is 29.2 Å². The van der Waals surface area contributed by atoms with Crippen LogP contribution in [0.3, 0.4) is 0 Å². The van der Waals surface area contributed by atoms with Gasteiger partial charge in [0.25, 0.3) is 0 Å². The van der Waals surface area contributed by atoms with E-state index in [4.69, 9.17) is 0 Å². The first-order chi connectivity index (χ1) is 12.2. The Labute approximate surface area is 151 Å². The smallest absolute Gasteiger partial charge is 0.00882 e. The molecule has 0 heterocycles. The van der Waals surface area contributed by atoms with Crippen molar-refractivity contribution in [3.05, 3.63) is 119 Å². The molecule has 0 amide bonds. The fraction of sp³-hybridized carbons (Fsp3) is 0.120. The molecule has 25 heavy (non-hydrogen) atoms. The highest BCUT2D eigenvalue weighted by atomic mass is 14.1. The molecule has 0 spiro atoms. The van der Waals surface area contributed by atoms with Gasteiger partial charge in [0.15, 0.2) is 0 Å². The molecule has 0 saturated heterocycles. The van der Waals surface area contributed by atoms with Crippen molar-refractivity contribution >= 4 is 11.1 Å². The molecule has 0 nitrogen and oxygen atoms in total. The van der Waals surface area contributed by atoms with Crippen molar-refractivity contribution in [1.29, 1.82) is 0 Å². The van der Waals surface area contributed by atoms with Crippen molar-refractivity contribution in [2.45, 2.75) is 20.3 Å². The minimum atomic E-state index is 0.933. The molecule has 0 aromatic heterocycles. The number of benzene rings is 3. The quantitative estimate of drug-likeness (QED) is 0.457. The normalized spacial score (nSPS) is 12.2. The topological polar surface area (TPSA) is 0 Å². The highest BCUT2D eigenvalue weighted by Crippen LogP contribution is 2.23. The van der Waals surface area contributed by atoms with E-state index < -0.39 is 0 Å². The summed E-state index contributed by atoms with van der Waals surface area (Å²) < 4.78 is 0. The van der Waals surface area contributed by atoms with Crippen LogP contribution in [-0.2, 0) is 6.42 Å². The minimum Gasteiger partial charge on any atom is -0.0722 e. The third kappa shape index (κ3) is 4.81. The van der Waals surface area contributed by atoms with Crippen molar-refractivity contribution in [3.8, 4) is 0 Å². The van der Waals surface area contributed by atoms with Gasteiger partial charge >= 0.3 is 0 Å². The Kier molecular flexibility index (Phi) is 5.64. The number of hydrogen-bond acceptors (Lipinski definition) is 0. The largest absolute Gasteiger partial charge is 0.0722 e. The van der Waals surface area contributed by atoms with Crippen LogP contribution >= 0.6 is 0 Å². The molecular formula is C25H24. The van der Waals surface area contributed by atoms with Crippen LogP contribution in [0.4, 0.5) is 0 Å². The van der Waals surface area contributed by atoms with E-state index in [9.17, 15) is 0 Å². The molecule has 0 heteroatoms. The third-order valence-corrected chi connectivity index (χ3v) is 4.39. The zero-order chi connectivity index (χ0) is 17.5. The van der Waals surface area contributed by atoms with E-state index in [0.29, 0.717) is 0 Å². The van der Waals surface area contributed by atoms with Crippen LogP contribution in [0, 0.1) is 6.92 Å². The molecule has 124 valence electrons. The summed E-state index contributed by atoms with van der Waals surface area (Å²) in [4.78, 5) is 0. The molecule has 0 radical (unpaired) electrons. The van der Waals surface area contributed by atoms with E-state index in [1.807, 2.05) is 0 Å². The van der Waals surface area contributed by atoms with Gasteiger partial charge in [0.05, 0.1) is 0 Å². The Balaban J connectivity index is 1.93. The van der Waals surface area contributed by atoms with Crippen LogP contribution in [0.15, 0.2) is 97.1 Å². The van der Waals surface area contributed by atoms with Gasteiger partial charge in [-0.2, -0.15) is 0 Å². The molecule has 3 aromatic carbocycles. The van der Waals surface area contributed by atoms with Crippen LogP contribution < -0.4 is 0 Å². The molecule has 3 aromatic rings. The second kappa shape index (κ2) is 8.30. The summed E-state index contributed by atoms with van der Waals surface area (Å²) >= 11 is 0. The summed E-state index contributed by atoms with van der Waals surface area (Å²) in [5.74, 6) is 0. The van der Waals surface area contributed by atoms with E-state index >= 15 is 0 Å². The predicted molar refractivity (Wildman–Crippen MR) is 109 cm³/mol. The van der Waals surface area contributed by atoms with E-state index in [1.54, 1.807) is 0 Å². The lowest BCUT2D eigenvalue weighted by atomic mass is 9.97. The van der Waals surface area contributed by atoms with Gasteiger partial charge in [0.2, 0.25) is 0 Å². The molecule has 3 rings (SSSR count). The predicted octanol–water partition coefficient (Wildman–Crippen LogP) is 6.72. The van der Waals surface area contributed by atoms with E-state index in [-0.39, 0.29) is 0 Å². The zero-order valence-corrected chi connectivity index (χ0v) is 14.9. The fourth-order valence-corrected chi connectivity index (χ4v) is 2.87. The first-order valence-electron chi connectivity index (χ1n) is 8.77. The lowest BCUT2D eigenvalue weighted by Gasteiger charge is -2.08. The first kappa shape index (κ1) is 17.0.